The molecule has 0 N–H and O–H groups in total. The van der Waals surface area contributed by atoms with Crippen molar-refractivity contribution >= 4 is 8.81 Å². The summed E-state index contributed by atoms with van der Waals surface area (Å²) in [6.45, 7) is 6.41. The maximum absolute atomic E-state index is 5.90. The molecular formula is C14H23O3P. The molecule has 1 heterocycles. The van der Waals surface area contributed by atoms with Gasteiger partial charge >= 0.3 is 0 Å². The first kappa shape index (κ1) is 14.2. The Morgan fingerprint density at radius 2 is 2.17 bits per heavy atom. The summed E-state index contributed by atoms with van der Waals surface area (Å²) >= 11 is 0. The second-order valence-corrected chi connectivity index (χ2v) is 5.68. The predicted octanol–water partition coefficient (Wildman–Crippen LogP) is 3.27. The first-order valence-corrected chi connectivity index (χ1v) is 8.09. The van der Waals surface area contributed by atoms with Gasteiger partial charge in [0.2, 0.25) is 0 Å². The van der Waals surface area contributed by atoms with Crippen molar-refractivity contribution in [3.05, 3.63) is 23.8 Å². The van der Waals surface area contributed by atoms with E-state index in [1.807, 2.05) is 6.66 Å². The molecule has 1 aliphatic carbocycles. The fourth-order valence-electron chi connectivity index (χ4n) is 2.21. The van der Waals surface area contributed by atoms with Gasteiger partial charge in [-0.2, -0.15) is 0 Å². The maximum Gasteiger partial charge on any atom is 0.183 e. The highest BCUT2D eigenvalue weighted by Gasteiger charge is 2.36. The Morgan fingerprint density at radius 1 is 1.39 bits per heavy atom. The Kier molecular flexibility index (Phi) is 5.38. The Labute approximate surface area is 111 Å². The van der Waals surface area contributed by atoms with Crippen LogP contribution >= 0.6 is 8.81 Å². The van der Waals surface area contributed by atoms with Gasteiger partial charge in [-0.25, -0.2) is 0 Å². The first-order valence-electron chi connectivity index (χ1n) is 6.68. The number of hydrogen-bond acceptors (Lipinski definition) is 3. The van der Waals surface area contributed by atoms with Gasteiger partial charge in [-0.15, -0.1) is 0 Å². The largest absolute Gasteiger partial charge is 0.362 e. The number of allylic oxidation sites excluding steroid dienone is 2. The van der Waals surface area contributed by atoms with Crippen LogP contribution in [0.3, 0.4) is 0 Å². The van der Waals surface area contributed by atoms with Crippen LogP contribution in [-0.2, 0) is 14.0 Å². The molecule has 3 nitrogen and oxygen atoms in total. The molecule has 0 bridgehead atoms. The van der Waals surface area contributed by atoms with Gasteiger partial charge in [0, 0.05) is 19.8 Å². The lowest BCUT2D eigenvalue weighted by atomic mass is 9.87. The molecule has 0 amide bonds. The summed E-state index contributed by atoms with van der Waals surface area (Å²) in [5, 5.41) is 0. The molecule has 18 heavy (non-hydrogen) atoms. The van der Waals surface area contributed by atoms with E-state index >= 15 is 0 Å². The van der Waals surface area contributed by atoms with Crippen molar-refractivity contribution < 1.29 is 14.0 Å². The van der Waals surface area contributed by atoms with Crippen LogP contribution in [0.25, 0.3) is 0 Å². The summed E-state index contributed by atoms with van der Waals surface area (Å²) in [6, 6.07) is 0. The summed E-state index contributed by atoms with van der Waals surface area (Å²) in [5.74, 6) is 0. The minimum atomic E-state index is -0.176. The molecule has 2 rings (SSSR count). The van der Waals surface area contributed by atoms with Crippen molar-refractivity contribution in [1.29, 1.82) is 0 Å². The highest BCUT2D eigenvalue weighted by atomic mass is 31.1. The smallest absolute Gasteiger partial charge is 0.183 e. The maximum atomic E-state index is 5.90. The third-order valence-corrected chi connectivity index (χ3v) is 4.08. The molecule has 0 radical (unpaired) electrons. The van der Waals surface area contributed by atoms with Crippen molar-refractivity contribution in [2.45, 2.75) is 32.5 Å². The van der Waals surface area contributed by atoms with E-state index in [2.05, 4.69) is 25.2 Å². The molecule has 0 aromatic carbocycles. The quantitative estimate of drug-likeness (QED) is 0.718. The van der Waals surface area contributed by atoms with Gasteiger partial charge in [0.25, 0.3) is 0 Å². The summed E-state index contributed by atoms with van der Waals surface area (Å²) in [7, 11) is 0.531. The third kappa shape index (κ3) is 3.42. The van der Waals surface area contributed by atoms with Crippen molar-refractivity contribution in [2.24, 2.45) is 5.41 Å². The molecule has 1 unspecified atom stereocenters. The molecule has 2 aliphatic rings. The van der Waals surface area contributed by atoms with Crippen LogP contribution in [0.4, 0.5) is 0 Å². The van der Waals surface area contributed by atoms with E-state index in [4.69, 9.17) is 14.0 Å². The van der Waals surface area contributed by atoms with E-state index in [-0.39, 0.29) is 11.7 Å². The Balaban J connectivity index is 1.89. The highest BCUT2D eigenvalue weighted by Crippen LogP contribution is 2.33. The van der Waals surface area contributed by atoms with Crippen LogP contribution in [0, 0.1) is 5.41 Å². The van der Waals surface area contributed by atoms with E-state index in [0.29, 0.717) is 8.81 Å². The van der Waals surface area contributed by atoms with Crippen LogP contribution in [0.5, 0.6) is 0 Å². The number of ether oxygens (including phenoxy) is 2. The fraction of sp³-hybridized carbons (Fsp3) is 0.714. The zero-order valence-electron chi connectivity index (χ0n) is 11.3. The molecule has 1 saturated heterocycles. The highest BCUT2D eigenvalue weighted by molar-refractivity contribution is 7.31. The minimum Gasteiger partial charge on any atom is -0.362 e. The van der Waals surface area contributed by atoms with E-state index in [1.54, 1.807) is 0 Å². The summed E-state index contributed by atoms with van der Waals surface area (Å²) in [5.41, 5.74) is 1.21. The second-order valence-electron chi connectivity index (χ2n) is 4.98. The fourth-order valence-corrected chi connectivity index (χ4v) is 2.66. The molecule has 1 aliphatic heterocycles. The van der Waals surface area contributed by atoms with Gasteiger partial charge < -0.3 is 14.0 Å². The molecule has 1 fully saturated rings. The van der Waals surface area contributed by atoms with Crippen molar-refractivity contribution in [1.82, 2.24) is 0 Å². The topological polar surface area (TPSA) is 27.7 Å². The summed E-state index contributed by atoms with van der Waals surface area (Å²) in [6.07, 6.45) is 9.59. The van der Waals surface area contributed by atoms with E-state index in [9.17, 15) is 0 Å². The third-order valence-electron chi connectivity index (χ3n) is 3.65. The average Bonchev–Trinajstić information content (AvgIpc) is 2.47. The Bertz CT molecular complexity index is 317. The number of rotatable bonds is 5. The van der Waals surface area contributed by atoms with Crippen LogP contribution < -0.4 is 0 Å². The molecule has 0 aromatic rings. The first-order chi connectivity index (χ1) is 8.79. The van der Waals surface area contributed by atoms with Crippen LogP contribution in [-0.4, -0.2) is 32.8 Å². The molecular weight excluding hydrogens is 247 g/mol. The van der Waals surface area contributed by atoms with Crippen molar-refractivity contribution in [3.8, 4) is 0 Å². The zero-order chi connectivity index (χ0) is 12.8. The van der Waals surface area contributed by atoms with Gasteiger partial charge in [0.05, 0.1) is 19.8 Å². The Hall–Kier alpha value is -0.210. The lowest BCUT2D eigenvalue weighted by Gasteiger charge is -2.39. The molecule has 0 spiro atoms. The second kappa shape index (κ2) is 6.81. The van der Waals surface area contributed by atoms with Crippen LogP contribution in [0.1, 0.15) is 26.2 Å². The van der Waals surface area contributed by atoms with Crippen LogP contribution in [0.2, 0.25) is 0 Å². The van der Waals surface area contributed by atoms with Crippen molar-refractivity contribution in [2.75, 3.05) is 26.5 Å². The molecule has 102 valence electrons. The Morgan fingerprint density at radius 3 is 2.72 bits per heavy atom. The van der Waals surface area contributed by atoms with E-state index in [0.717, 1.165) is 39.1 Å². The van der Waals surface area contributed by atoms with E-state index in [1.165, 1.54) is 5.57 Å². The van der Waals surface area contributed by atoms with E-state index < -0.39 is 0 Å². The van der Waals surface area contributed by atoms with Crippen LogP contribution in [0.15, 0.2) is 23.8 Å². The molecule has 4 heteroatoms. The minimum absolute atomic E-state index is 0.0401. The zero-order valence-corrected chi connectivity index (χ0v) is 12.3. The summed E-state index contributed by atoms with van der Waals surface area (Å²) in [4.78, 5) is 0. The summed E-state index contributed by atoms with van der Waals surface area (Å²) < 4.78 is 17.4. The number of hydrogen-bond donors (Lipinski definition) is 0. The van der Waals surface area contributed by atoms with Gasteiger partial charge in [0.15, 0.2) is 6.29 Å². The average molecular weight is 270 g/mol. The molecule has 0 saturated carbocycles. The molecule has 0 aromatic heterocycles. The van der Waals surface area contributed by atoms with Gasteiger partial charge in [-0.1, -0.05) is 25.2 Å². The normalized spacial score (nSPS) is 33.0. The molecule has 1 atom stereocenters. The SMILES string of the molecule is CCC1(COPC)COC(C2=CCCC=C2)OC1. The lowest BCUT2D eigenvalue weighted by molar-refractivity contribution is -0.217. The lowest BCUT2D eigenvalue weighted by Crippen LogP contribution is -2.44. The van der Waals surface area contributed by atoms with Gasteiger partial charge in [-0.05, 0) is 25.9 Å². The monoisotopic (exact) mass is 270 g/mol. The van der Waals surface area contributed by atoms with Crippen molar-refractivity contribution in [3.63, 3.8) is 0 Å². The van der Waals surface area contributed by atoms with Gasteiger partial charge in [0.1, 0.15) is 0 Å². The van der Waals surface area contributed by atoms with Gasteiger partial charge in [-0.3, -0.25) is 0 Å². The predicted molar refractivity (Wildman–Crippen MR) is 75.1 cm³/mol. The standard InChI is InChI=1S/C14H23O3P/c1-3-14(11-17-18-2)9-15-13(16-10-14)12-7-5-4-6-8-12/h5,7-8,13,18H,3-4,6,9-11H2,1-2H3.